The highest BCUT2D eigenvalue weighted by molar-refractivity contribution is 5.72. The summed E-state index contributed by atoms with van der Waals surface area (Å²) in [4.78, 5) is 9.57. The Bertz CT molecular complexity index is 443. The van der Waals surface area contributed by atoms with Gasteiger partial charge in [0.05, 0.1) is 0 Å². The third kappa shape index (κ3) is 6.38. The Morgan fingerprint density at radius 1 is 1.00 bits per heavy atom. The average molecular weight is 257 g/mol. The van der Waals surface area contributed by atoms with Gasteiger partial charge in [-0.15, -0.1) is 0 Å². The lowest BCUT2D eigenvalue weighted by molar-refractivity contribution is -0.138. The van der Waals surface area contributed by atoms with Crippen LogP contribution >= 0.6 is 0 Å². The smallest absolute Gasteiger partial charge is 0.320 e. The van der Waals surface area contributed by atoms with E-state index in [0.29, 0.717) is 0 Å². The minimum atomic E-state index is -0.963. The molecular formula is C16H19NO2. The van der Waals surface area contributed by atoms with Crippen LogP contribution in [0.2, 0.25) is 0 Å². The van der Waals surface area contributed by atoms with Crippen molar-refractivity contribution in [2.45, 2.75) is 19.4 Å². The van der Waals surface area contributed by atoms with Crippen LogP contribution in [0.25, 0.3) is 0 Å². The zero-order valence-electron chi connectivity index (χ0n) is 11.0. The van der Waals surface area contributed by atoms with Crippen LogP contribution in [0.5, 0.6) is 0 Å². The molecule has 100 valence electrons. The highest BCUT2D eigenvalue weighted by Gasteiger charge is 1.99. The first-order valence-corrected chi connectivity index (χ1v) is 6.16. The van der Waals surface area contributed by atoms with Crippen molar-refractivity contribution >= 4 is 5.97 Å². The Hall–Kier alpha value is -2.13. The lowest BCUT2D eigenvalue weighted by Gasteiger charge is -2.00. The Morgan fingerprint density at radius 3 is 1.58 bits per heavy atom. The van der Waals surface area contributed by atoms with E-state index in [2.05, 4.69) is 60.7 Å². The zero-order valence-corrected chi connectivity index (χ0v) is 11.0. The van der Waals surface area contributed by atoms with Crippen molar-refractivity contribution in [3.05, 3.63) is 71.8 Å². The Balaban J connectivity index is 0.000000258. The van der Waals surface area contributed by atoms with Crippen molar-refractivity contribution in [2.75, 3.05) is 0 Å². The molecule has 2 aromatic carbocycles. The quantitative estimate of drug-likeness (QED) is 0.888. The van der Waals surface area contributed by atoms with E-state index < -0.39 is 12.0 Å². The summed E-state index contributed by atoms with van der Waals surface area (Å²) in [5.74, 6) is -0.963. The van der Waals surface area contributed by atoms with Gasteiger partial charge in [-0.1, -0.05) is 60.7 Å². The highest BCUT2D eigenvalue weighted by Crippen LogP contribution is 2.07. The molecule has 0 heterocycles. The van der Waals surface area contributed by atoms with Gasteiger partial charge in [-0.25, -0.2) is 0 Å². The van der Waals surface area contributed by atoms with Crippen LogP contribution in [-0.2, 0) is 11.2 Å². The molecule has 3 heteroatoms. The summed E-state index contributed by atoms with van der Waals surface area (Å²) < 4.78 is 0. The van der Waals surface area contributed by atoms with Crippen LogP contribution in [-0.4, -0.2) is 17.1 Å². The van der Waals surface area contributed by atoms with Crippen molar-refractivity contribution in [3.8, 4) is 0 Å². The first-order chi connectivity index (χ1) is 9.09. The van der Waals surface area contributed by atoms with Crippen molar-refractivity contribution in [1.29, 1.82) is 0 Å². The number of carboxylic acid groups (broad SMARTS) is 1. The second-order valence-corrected chi connectivity index (χ2v) is 4.27. The molecule has 19 heavy (non-hydrogen) atoms. The molecule has 0 aliphatic rings. The topological polar surface area (TPSA) is 63.3 Å². The van der Waals surface area contributed by atoms with Gasteiger partial charge in [-0.2, -0.15) is 0 Å². The van der Waals surface area contributed by atoms with Crippen LogP contribution in [0.4, 0.5) is 0 Å². The third-order valence-electron chi connectivity index (χ3n) is 2.48. The Labute approximate surface area is 113 Å². The summed E-state index contributed by atoms with van der Waals surface area (Å²) in [6.45, 7) is 1.42. The predicted octanol–water partition coefficient (Wildman–Crippen LogP) is 2.70. The molecule has 0 fully saturated rings. The van der Waals surface area contributed by atoms with E-state index in [1.165, 1.54) is 18.1 Å². The molecule has 0 saturated carbocycles. The lowest BCUT2D eigenvalue weighted by Crippen LogP contribution is -2.25. The van der Waals surface area contributed by atoms with E-state index in [4.69, 9.17) is 10.8 Å². The van der Waals surface area contributed by atoms with Gasteiger partial charge in [-0.05, 0) is 24.5 Å². The zero-order chi connectivity index (χ0) is 14.1. The first-order valence-electron chi connectivity index (χ1n) is 6.16. The SMILES string of the molecule is CC(N)C(=O)O.c1ccc(Cc2ccccc2)cc1. The molecule has 2 aromatic rings. The van der Waals surface area contributed by atoms with Crippen LogP contribution in [0.3, 0.4) is 0 Å². The van der Waals surface area contributed by atoms with Crippen LogP contribution < -0.4 is 5.73 Å². The number of aliphatic carboxylic acids is 1. The fourth-order valence-corrected chi connectivity index (χ4v) is 1.43. The van der Waals surface area contributed by atoms with Crippen LogP contribution in [0.15, 0.2) is 60.7 Å². The Kier molecular flexibility index (Phi) is 6.33. The van der Waals surface area contributed by atoms with Crippen molar-refractivity contribution in [1.82, 2.24) is 0 Å². The molecule has 0 aromatic heterocycles. The molecule has 0 bridgehead atoms. The molecule has 0 radical (unpaired) electrons. The van der Waals surface area contributed by atoms with E-state index in [-0.39, 0.29) is 0 Å². The number of benzene rings is 2. The molecule has 3 nitrogen and oxygen atoms in total. The van der Waals surface area contributed by atoms with Gasteiger partial charge in [0, 0.05) is 0 Å². The molecule has 2 rings (SSSR count). The van der Waals surface area contributed by atoms with E-state index in [1.54, 1.807) is 0 Å². The summed E-state index contributed by atoms with van der Waals surface area (Å²) in [5, 5.41) is 7.87. The lowest BCUT2D eigenvalue weighted by atomic mass is 10.1. The van der Waals surface area contributed by atoms with Crippen molar-refractivity contribution in [2.24, 2.45) is 5.73 Å². The first kappa shape index (κ1) is 14.9. The minimum absolute atomic E-state index is 0.731. The standard InChI is InChI=1S/C13H12.C3H7NO2/c1-3-7-12(8-4-1)11-13-9-5-2-6-10-13;1-2(4)3(5)6/h1-10H,11H2;2H,4H2,1H3,(H,5,6). The number of carboxylic acids is 1. The van der Waals surface area contributed by atoms with E-state index in [1.807, 2.05) is 0 Å². The number of nitrogens with two attached hydrogens (primary N) is 1. The van der Waals surface area contributed by atoms with Gasteiger partial charge < -0.3 is 10.8 Å². The molecule has 3 N–H and O–H groups in total. The maximum atomic E-state index is 9.57. The summed E-state index contributed by atoms with van der Waals surface area (Å²) in [6.07, 6.45) is 1.03. The largest absolute Gasteiger partial charge is 0.480 e. The maximum Gasteiger partial charge on any atom is 0.320 e. The van der Waals surface area contributed by atoms with E-state index >= 15 is 0 Å². The van der Waals surface area contributed by atoms with Crippen molar-refractivity contribution in [3.63, 3.8) is 0 Å². The molecule has 0 aliphatic carbocycles. The normalized spacial score (nSPS) is 11.1. The summed E-state index contributed by atoms with van der Waals surface area (Å²) in [5.41, 5.74) is 7.57. The van der Waals surface area contributed by atoms with E-state index in [9.17, 15) is 4.79 Å². The fourth-order valence-electron chi connectivity index (χ4n) is 1.43. The van der Waals surface area contributed by atoms with Gasteiger partial charge in [0.15, 0.2) is 0 Å². The molecule has 0 saturated heterocycles. The molecule has 1 unspecified atom stereocenters. The van der Waals surface area contributed by atoms with Gasteiger partial charge in [-0.3, -0.25) is 4.79 Å². The number of hydrogen-bond donors (Lipinski definition) is 2. The highest BCUT2D eigenvalue weighted by atomic mass is 16.4. The molecule has 1 atom stereocenters. The monoisotopic (exact) mass is 257 g/mol. The average Bonchev–Trinajstić information content (AvgIpc) is 2.41. The van der Waals surface area contributed by atoms with Gasteiger partial charge >= 0.3 is 5.97 Å². The molecule has 0 aliphatic heterocycles. The Morgan fingerprint density at radius 2 is 1.32 bits per heavy atom. The van der Waals surface area contributed by atoms with Gasteiger partial charge in [0.25, 0.3) is 0 Å². The summed E-state index contributed by atoms with van der Waals surface area (Å²) in [6, 6.07) is 20.3. The molecule has 0 amide bonds. The van der Waals surface area contributed by atoms with Crippen LogP contribution in [0.1, 0.15) is 18.1 Å². The predicted molar refractivity (Wildman–Crippen MR) is 77.0 cm³/mol. The molecule has 0 spiro atoms. The summed E-state index contributed by atoms with van der Waals surface area (Å²) >= 11 is 0. The van der Waals surface area contributed by atoms with Crippen molar-refractivity contribution < 1.29 is 9.90 Å². The summed E-state index contributed by atoms with van der Waals surface area (Å²) in [7, 11) is 0. The van der Waals surface area contributed by atoms with Gasteiger partial charge in [0.1, 0.15) is 6.04 Å². The number of carbonyl (C=O) groups is 1. The number of hydrogen-bond acceptors (Lipinski definition) is 2. The van der Waals surface area contributed by atoms with E-state index in [0.717, 1.165) is 6.42 Å². The third-order valence-corrected chi connectivity index (χ3v) is 2.48. The van der Waals surface area contributed by atoms with Gasteiger partial charge in [0.2, 0.25) is 0 Å². The maximum absolute atomic E-state index is 9.57. The molecular weight excluding hydrogens is 238 g/mol. The fraction of sp³-hybridized carbons (Fsp3) is 0.188. The van der Waals surface area contributed by atoms with Crippen LogP contribution in [0, 0.1) is 0 Å². The minimum Gasteiger partial charge on any atom is -0.480 e. The number of rotatable bonds is 3. The second-order valence-electron chi connectivity index (χ2n) is 4.27. The second kappa shape index (κ2) is 8.06.